The van der Waals surface area contributed by atoms with E-state index in [-0.39, 0.29) is 5.91 Å². The van der Waals surface area contributed by atoms with Crippen LogP contribution in [-0.2, 0) is 9.53 Å². The third-order valence-corrected chi connectivity index (χ3v) is 3.92. The lowest BCUT2D eigenvalue weighted by atomic mass is 10.00. The molecule has 116 valence electrons. The molecule has 1 fully saturated rings. The first-order valence-corrected chi connectivity index (χ1v) is 7.53. The van der Waals surface area contributed by atoms with Gasteiger partial charge in [-0.1, -0.05) is 11.6 Å². The highest BCUT2D eigenvalue weighted by Crippen LogP contribution is 2.24. The molecule has 1 aliphatic rings. The molecule has 0 bridgehead atoms. The molecule has 0 atom stereocenters. The van der Waals surface area contributed by atoms with E-state index in [1.165, 1.54) is 0 Å². The number of nitrogens with zero attached hydrogens (tertiary/aromatic N) is 1. The highest BCUT2D eigenvalue weighted by molar-refractivity contribution is 6.33. The van der Waals surface area contributed by atoms with Gasteiger partial charge in [-0.2, -0.15) is 0 Å². The van der Waals surface area contributed by atoms with Crippen LogP contribution in [0.15, 0.2) is 18.2 Å². The number of benzene rings is 1. The van der Waals surface area contributed by atoms with E-state index >= 15 is 0 Å². The van der Waals surface area contributed by atoms with Crippen molar-refractivity contribution in [3.63, 3.8) is 0 Å². The number of halogens is 1. The minimum atomic E-state index is -0.0861. The highest BCUT2D eigenvalue weighted by atomic mass is 35.5. The summed E-state index contributed by atoms with van der Waals surface area (Å²) >= 11 is 6.03. The molecule has 1 aliphatic heterocycles. The lowest BCUT2D eigenvalue weighted by Gasteiger charge is -2.26. The van der Waals surface area contributed by atoms with E-state index in [0.717, 1.165) is 32.6 Å². The number of nitrogens with two attached hydrogens (primary N) is 1. The summed E-state index contributed by atoms with van der Waals surface area (Å²) in [6.07, 6.45) is 2.13. The van der Waals surface area contributed by atoms with Crippen molar-refractivity contribution < 1.29 is 9.53 Å². The lowest BCUT2D eigenvalue weighted by Crippen LogP contribution is -2.35. The van der Waals surface area contributed by atoms with Gasteiger partial charge in [0.05, 0.1) is 17.3 Å². The van der Waals surface area contributed by atoms with Gasteiger partial charge in [0, 0.05) is 25.4 Å². The maximum atomic E-state index is 12.1. The summed E-state index contributed by atoms with van der Waals surface area (Å²) in [5.74, 6) is 0.518. The number of amides is 1. The fourth-order valence-corrected chi connectivity index (χ4v) is 2.67. The molecule has 0 unspecified atom stereocenters. The third kappa shape index (κ3) is 5.19. The molecule has 0 radical (unpaired) electrons. The summed E-state index contributed by atoms with van der Waals surface area (Å²) < 4.78 is 5.34. The molecule has 1 aromatic rings. The van der Waals surface area contributed by atoms with Gasteiger partial charge in [0.25, 0.3) is 0 Å². The Bertz CT molecular complexity index is 490. The first kappa shape index (κ1) is 16.1. The van der Waals surface area contributed by atoms with Crippen LogP contribution in [0.25, 0.3) is 0 Å². The summed E-state index contributed by atoms with van der Waals surface area (Å²) in [6, 6.07) is 5.05. The summed E-state index contributed by atoms with van der Waals surface area (Å²) in [5, 5.41) is 3.29. The monoisotopic (exact) mass is 311 g/mol. The van der Waals surface area contributed by atoms with Gasteiger partial charge in [-0.15, -0.1) is 0 Å². The van der Waals surface area contributed by atoms with Crippen LogP contribution in [-0.4, -0.2) is 44.2 Å². The predicted octanol–water partition coefficient (Wildman–Crippen LogP) is 2.22. The van der Waals surface area contributed by atoms with Crippen LogP contribution in [0.3, 0.4) is 0 Å². The Kier molecular flexibility index (Phi) is 5.85. The standard InChI is InChI=1S/C15H22ClN3O2/c1-19(9-11-4-6-21-7-5-11)10-15(20)18-14-8-12(17)2-3-13(14)16/h2-3,8,11H,4-7,9-10,17H2,1H3,(H,18,20). The Morgan fingerprint density at radius 2 is 2.19 bits per heavy atom. The molecule has 0 aromatic heterocycles. The number of rotatable bonds is 5. The fraction of sp³-hybridized carbons (Fsp3) is 0.533. The van der Waals surface area contributed by atoms with Gasteiger partial charge in [-0.25, -0.2) is 0 Å². The van der Waals surface area contributed by atoms with Crippen molar-refractivity contribution in [3.05, 3.63) is 23.2 Å². The highest BCUT2D eigenvalue weighted by Gasteiger charge is 2.17. The number of carbonyl (C=O) groups excluding carboxylic acids is 1. The average molecular weight is 312 g/mol. The summed E-state index contributed by atoms with van der Waals surface area (Å²) in [6.45, 7) is 2.89. The molecule has 21 heavy (non-hydrogen) atoms. The topological polar surface area (TPSA) is 67.6 Å². The van der Waals surface area contributed by atoms with Crippen LogP contribution >= 0.6 is 11.6 Å². The maximum absolute atomic E-state index is 12.1. The number of nitrogen functional groups attached to an aromatic ring is 1. The SMILES string of the molecule is CN(CC(=O)Nc1cc(N)ccc1Cl)CC1CCOCC1. The fourth-order valence-electron chi connectivity index (χ4n) is 2.51. The maximum Gasteiger partial charge on any atom is 0.238 e. The van der Waals surface area contributed by atoms with Crippen LogP contribution in [0.5, 0.6) is 0 Å². The zero-order valence-electron chi connectivity index (χ0n) is 12.3. The molecule has 1 heterocycles. The number of likely N-dealkylation sites (N-methyl/N-ethyl adjacent to an activating group) is 1. The van der Waals surface area contributed by atoms with E-state index in [0.29, 0.717) is 28.9 Å². The normalized spacial score (nSPS) is 16.1. The van der Waals surface area contributed by atoms with Crippen LogP contribution in [0.2, 0.25) is 5.02 Å². The number of hydrogen-bond acceptors (Lipinski definition) is 4. The minimum Gasteiger partial charge on any atom is -0.399 e. The van der Waals surface area contributed by atoms with Crippen molar-refractivity contribution in [1.29, 1.82) is 0 Å². The van der Waals surface area contributed by atoms with Crippen molar-refractivity contribution in [1.82, 2.24) is 4.90 Å². The smallest absolute Gasteiger partial charge is 0.238 e. The van der Waals surface area contributed by atoms with Gasteiger partial charge in [-0.05, 0) is 44.0 Å². The molecule has 5 nitrogen and oxygen atoms in total. The van der Waals surface area contributed by atoms with Gasteiger partial charge >= 0.3 is 0 Å². The first-order chi connectivity index (χ1) is 10.0. The van der Waals surface area contributed by atoms with Crippen LogP contribution in [0.4, 0.5) is 11.4 Å². The summed E-state index contributed by atoms with van der Waals surface area (Å²) in [4.78, 5) is 14.1. The molecule has 1 amide bonds. The molecule has 1 saturated heterocycles. The summed E-state index contributed by atoms with van der Waals surface area (Å²) in [5.41, 5.74) is 6.83. The Labute approximate surface area is 130 Å². The molecule has 2 rings (SSSR count). The van der Waals surface area contributed by atoms with E-state index in [4.69, 9.17) is 22.1 Å². The van der Waals surface area contributed by atoms with Gasteiger partial charge in [0.15, 0.2) is 0 Å². The number of ether oxygens (including phenoxy) is 1. The number of anilines is 2. The van der Waals surface area contributed by atoms with Crippen molar-refractivity contribution in [3.8, 4) is 0 Å². The first-order valence-electron chi connectivity index (χ1n) is 7.16. The van der Waals surface area contributed by atoms with Crippen molar-refractivity contribution >= 4 is 28.9 Å². The Hall–Kier alpha value is -1.30. The predicted molar refractivity (Wildman–Crippen MR) is 85.5 cm³/mol. The zero-order chi connectivity index (χ0) is 15.2. The molecular weight excluding hydrogens is 290 g/mol. The van der Waals surface area contributed by atoms with Crippen LogP contribution < -0.4 is 11.1 Å². The van der Waals surface area contributed by atoms with Gasteiger partial charge in [0.1, 0.15) is 0 Å². The third-order valence-electron chi connectivity index (χ3n) is 3.59. The van der Waals surface area contributed by atoms with E-state index in [1.807, 2.05) is 11.9 Å². The van der Waals surface area contributed by atoms with Crippen LogP contribution in [0.1, 0.15) is 12.8 Å². The Morgan fingerprint density at radius 1 is 1.48 bits per heavy atom. The molecule has 0 spiro atoms. The summed E-state index contributed by atoms with van der Waals surface area (Å²) in [7, 11) is 1.95. The largest absolute Gasteiger partial charge is 0.399 e. The second kappa shape index (κ2) is 7.64. The molecule has 6 heteroatoms. The van der Waals surface area contributed by atoms with Crippen LogP contribution in [0, 0.1) is 5.92 Å². The quantitative estimate of drug-likeness (QED) is 0.818. The second-order valence-electron chi connectivity index (χ2n) is 5.54. The molecule has 0 saturated carbocycles. The zero-order valence-corrected chi connectivity index (χ0v) is 13.0. The van der Waals surface area contributed by atoms with E-state index in [2.05, 4.69) is 5.32 Å². The lowest BCUT2D eigenvalue weighted by molar-refractivity contribution is -0.117. The van der Waals surface area contributed by atoms with Gasteiger partial charge in [-0.3, -0.25) is 9.69 Å². The molecule has 1 aromatic carbocycles. The number of nitrogens with one attached hydrogen (secondary N) is 1. The van der Waals surface area contributed by atoms with E-state index in [9.17, 15) is 4.79 Å². The number of hydrogen-bond donors (Lipinski definition) is 2. The minimum absolute atomic E-state index is 0.0861. The molecule has 0 aliphatic carbocycles. The van der Waals surface area contributed by atoms with Crippen molar-refractivity contribution in [2.45, 2.75) is 12.8 Å². The average Bonchev–Trinajstić information content (AvgIpc) is 2.43. The number of carbonyl (C=O) groups is 1. The molecule has 3 N–H and O–H groups in total. The Morgan fingerprint density at radius 3 is 2.90 bits per heavy atom. The Balaban J connectivity index is 1.81. The van der Waals surface area contributed by atoms with Crippen molar-refractivity contribution in [2.75, 3.05) is 44.4 Å². The molecular formula is C15H22ClN3O2. The van der Waals surface area contributed by atoms with Gasteiger partial charge in [0.2, 0.25) is 5.91 Å². The second-order valence-corrected chi connectivity index (χ2v) is 5.95. The van der Waals surface area contributed by atoms with Gasteiger partial charge < -0.3 is 15.8 Å². The van der Waals surface area contributed by atoms with E-state index < -0.39 is 0 Å². The van der Waals surface area contributed by atoms with Crippen molar-refractivity contribution in [2.24, 2.45) is 5.92 Å². The van der Waals surface area contributed by atoms with E-state index in [1.54, 1.807) is 18.2 Å².